The Morgan fingerprint density at radius 3 is 2.56 bits per heavy atom. The van der Waals surface area contributed by atoms with Crippen molar-refractivity contribution in [3.63, 3.8) is 0 Å². The maximum absolute atomic E-state index is 13.1. The van der Waals surface area contributed by atoms with Gasteiger partial charge in [0.2, 0.25) is 0 Å². The summed E-state index contributed by atoms with van der Waals surface area (Å²) < 4.78 is 7.17. The molecule has 0 unspecified atom stereocenters. The van der Waals surface area contributed by atoms with Gasteiger partial charge in [0.25, 0.3) is 11.5 Å². The molecular weight excluding hydrogens is 458 g/mol. The predicted octanol–water partition coefficient (Wildman–Crippen LogP) is 4.69. The van der Waals surface area contributed by atoms with E-state index in [1.54, 1.807) is 34.9 Å². The lowest BCUT2D eigenvalue weighted by atomic mass is 10.1. The van der Waals surface area contributed by atoms with Gasteiger partial charge >= 0.3 is 5.97 Å². The number of aromatic carboxylic acids is 1. The van der Waals surface area contributed by atoms with Crippen molar-refractivity contribution in [2.24, 2.45) is 0 Å². The van der Waals surface area contributed by atoms with Crippen LogP contribution in [0.2, 0.25) is 0 Å². The Morgan fingerprint density at radius 2 is 1.83 bits per heavy atom. The first-order valence-electron chi connectivity index (χ1n) is 11.6. The standard InChI is InChI=1S/C28H23N3O5/c1-2-36-20-10-7-17(8-11-20)15-18-13-14-31-25(18)30-24-16-19(9-12-23(24)27(31)33)29-26(32)21-5-3-4-6-22(21)28(34)35/h3-12,15-16H,2,13-14H2,1H3,(H,29,32)(H,34,35)/b18-15+. The third-order valence-corrected chi connectivity index (χ3v) is 6.04. The van der Waals surface area contributed by atoms with E-state index >= 15 is 0 Å². The van der Waals surface area contributed by atoms with Crippen molar-refractivity contribution in [1.82, 2.24) is 9.55 Å². The molecule has 8 nitrogen and oxygen atoms in total. The number of carboxylic acids is 1. The Kier molecular flexibility index (Phi) is 6.08. The zero-order valence-corrected chi connectivity index (χ0v) is 19.5. The van der Waals surface area contributed by atoms with E-state index in [-0.39, 0.29) is 16.7 Å². The molecule has 0 atom stereocenters. The third kappa shape index (κ3) is 4.36. The molecule has 36 heavy (non-hydrogen) atoms. The summed E-state index contributed by atoms with van der Waals surface area (Å²) in [5.41, 5.74) is 2.62. The van der Waals surface area contributed by atoms with Gasteiger partial charge in [0.05, 0.1) is 28.6 Å². The van der Waals surface area contributed by atoms with Gasteiger partial charge in [0.15, 0.2) is 0 Å². The normalized spacial score (nSPS) is 13.5. The summed E-state index contributed by atoms with van der Waals surface area (Å²) in [6.45, 7) is 3.08. The van der Waals surface area contributed by atoms with Gasteiger partial charge in [0.1, 0.15) is 11.6 Å². The molecule has 0 aliphatic carbocycles. The Bertz CT molecular complexity index is 1590. The second-order valence-electron chi connectivity index (χ2n) is 8.35. The Labute approximate surface area is 206 Å². The Hall–Kier alpha value is -4.72. The molecule has 1 aromatic heterocycles. The molecule has 8 heteroatoms. The molecule has 2 N–H and O–H groups in total. The van der Waals surface area contributed by atoms with E-state index in [1.807, 2.05) is 37.3 Å². The molecule has 0 bridgehead atoms. The van der Waals surface area contributed by atoms with Crippen LogP contribution in [-0.4, -0.2) is 33.1 Å². The number of anilines is 1. The van der Waals surface area contributed by atoms with E-state index in [1.165, 1.54) is 12.1 Å². The molecule has 5 rings (SSSR count). The van der Waals surface area contributed by atoms with Crippen molar-refractivity contribution in [2.45, 2.75) is 19.9 Å². The number of carbonyl (C=O) groups excluding carboxylic acids is 1. The molecule has 1 amide bonds. The molecular formula is C28H23N3O5. The number of carboxylic acid groups (broad SMARTS) is 1. The van der Waals surface area contributed by atoms with Crippen molar-refractivity contribution in [3.8, 4) is 5.75 Å². The summed E-state index contributed by atoms with van der Waals surface area (Å²) in [7, 11) is 0. The van der Waals surface area contributed by atoms with E-state index in [0.717, 1.165) is 16.9 Å². The number of amides is 1. The monoisotopic (exact) mass is 481 g/mol. The van der Waals surface area contributed by atoms with E-state index in [2.05, 4.69) is 5.32 Å². The summed E-state index contributed by atoms with van der Waals surface area (Å²) in [6.07, 6.45) is 2.70. The quantitative estimate of drug-likeness (QED) is 0.413. The zero-order chi connectivity index (χ0) is 25.2. The van der Waals surface area contributed by atoms with Crippen LogP contribution in [0.5, 0.6) is 5.75 Å². The zero-order valence-electron chi connectivity index (χ0n) is 19.5. The molecule has 0 fully saturated rings. The minimum absolute atomic E-state index is 0.0488. The summed E-state index contributed by atoms with van der Waals surface area (Å²) in [5, 5.41) is 12.5. The predicted molar refractivity (Wildman–Crippen MR) is 137 cm³/mol. The van der Waals surface area contributed by atoms with Crippen LogP contribution in [0, 0.1) is 0 Å². The first-order chi connectivity index (χ1) is 17.4. The number of ether oxygens (including phenoxy) is 1. The molecule has 1 aliphatic rings. The molecule has 0 spiro atoms. The van der Waals surface area contributed by atoms with Gasteiger partial charge in [-0.05, 0) is 73.0 Å². The fourth-order valence-electron chi connectivity index (χ4n) is 4.33. The average Bonchev–Trinajstić information content (AvgIpc) is 3.28. The largest absolute Gasteiger partial charge is 0.494 e. The van der Waals surface area contributed by atoms with Crippen LogP contribution in [0.1, 0.15) is 45.4 Å². The highest BCUT2D eigenvalue weighted by Crippen LogP contribution is 2.29. The van der Waals surface area contributed by atoms with E-state index in [4.69, 9.17) is 9.72 Å². The fourth-order valence-corrected chi connectivity index (χ4v) is 4.33. The second-order valence-corrected chi connectivity index (χ2v) is 8.35. The number of benzene rings is 3. The van der Waals surface area contributed by atoms with Crippen molar-refractivity contribution >= 4 is 40.1 Å². The summed E-state index contributed by atoms with van der Waals surface area (Å²) in [5.74, 6) is -0.342. The minimum Gasteiger partial charge on any atom is -0.494 e. The molecule has 0 radical (unpaired) electrons. The number of nitrogens with zero attached hydrogens (tertiary/aromatic N) is 2. The summed E-state index contributed by atoms with van der Waals surface area (Å²) >= 11 is 0. The second kappa shape index (κ2) is 9.50. The molecule has 0 saturated carbocycles. The summed E-state index contributed by atoms with van der Waals surface area (Å²) in [4.78, 5) is 42.1. The van der Waals surface area contributed by atoms with Gasteiger partial charge in [0, 0.05) is 12.2 Å². The number of hydrogen-bond acceptors (Lipinski definition) is 5. The number of aromatic nitrogens is 2. The molecule has 0 saturated heterocycles. The summed E-state index contributed by atoms with van der Waals surface area (Å²) in [6, 6.07) is 18.6. The van der Waals surface area contributed by atoms with Crippen molar-refractivity contribution in [1.29, 1.82) is 0 Å². The van der Waals surface area contributed by atoms with Gasteiger partial charge < -0.3 is 15.2 Å². The van der Waals surface area contributed by atoms with Crippen LogP contribution in [0.4, 0.5) is 5.69 Å². The highest BCUT2D eigenvalue weighted by Gasteiger charge is 2.22. The number of hydrogen-bond donors (Lipinski definition) is 2. The number of rotatable bonds is 6. The first kappa shape index (κ1) is 23.0. The van der Waals surface area contributed by atoms with E-state index in [0.29, 0.717) is 42.0 Å². The van der Waals surface area contributed by atoms with Crippen LogP contribution >= 0.6 is 0 Å². The lowest BCUT2D eigenvalue weighted by molar-refractivity contribution is 0.0692. The van der Waals surface area contributed by atoms with Crippen molar-refractivity contribution in [2.75, 3.05) is 11.9 Å². The highest BCUT2D eigenvalue weighted by molar-refractivity contribution is 6.11. The van der Waals surface area contributed by atoms with Crippen LogP contribution in [-0.2, 0) is 6.54 Å². The SMILES string of the molecule is CCOc1ccc(/C=C2\CCn3c2nc2cc(NC(=O)c4ccccc4C(=O)O)ccc2c3=O)cc1. The van der Waals surface area contributed by atoms with Gasteiger partial charge in [-0.3, -0.25) is 14.2 Å². The topological polar surface area (TPSA) is 111 Å². The maximum Gasteiger partial charge on any atom is 0.336 e. The van der Waals surface area contributed by atoms with Crippen molar-refractivity contribution < 1.29 is 19.4 Å². The molecule has 1 aliphatic heterocycles. The number of nitrogens with one attached hydrogen (secondary N) is 1. The van der Waals surface area contributed by atoms with Gasteiger partial charge in [-0.2, -0.15) is 0 Å². The number of fused-ring (bicyclic) bond motifs is 2. The van der Waals surface area contributed by atoms with Crippen LogP contribution < -0.4 is 15.6 Å². The fraction of sp³-hybridized carbons (Fsp3) is 0.143. The van der Waals surface area contributed by atoms with Gasteiger partial charge in [-0.25, -0.2) is 9.78 Å². The van der Waals surface area contributed by atoms with Gasteiger partial charge in [-0.1, -0.05) is 24.3 Å². The maximum atomic E-state index is 13.1. The van der Waals surface area contributed by atoms with E-state index < -0.39 is 11.9 Å². The van der Waals surface area contributed by atoms with E-state index in [9.17, 15) is 19.5 Å². The van der Waals surface area contributed by atoms with Crippen LogP contribution in [0.15, 0.2) is 71.5 Å². The molecule has 2 heterocycles. The molecule has 4 aromatic rings. The number of allylic oxidation sites excluding steroid dienone is 1. The Morgan fingerprint density at radius 1 is 1.08 bits per heavy atom. The molecule has 180 valence electrons. The van der Waals surface area contributed by atoms with Crippen LogP contribution in [0.3, 0.4) is 0 Å². The van der Waals surface area contributed by atoms with Crippen LogP contribution in [0.25, 0.3) is 22.6 Å². The lowest BCUT2D eigenvalue weighted by Crippen LogP contribution is -2.21. The van der Waals surface area contributed by atoms with Crippen molar-refractivity contribution in [3.05, 3.63) is 99.6 Å². The molecule has 3 aromatic carbocycles. The lowest BCUT2D eigenvalue weighted by Gasteiger charge is -2.10. The first-order valence-corrected chi connectivity index (χ1v) is 11.6. The van der Waals surface area contributed by atoms with Gasteiger partial charge in [-0.15, -0.1) is 0 Å². The minimum atomic E-state index is -1.18. The highest BCUT2D eigenvalue weighted by atomic mass is 16.5. The third-order valence-electron chi connectivity index (χ3n) is 6.04. The average molecular weight is 482 g/mol. The Balaban J connectivity index is 1.48. The smallest absolute Gasteiger partial charge is 0.336 e. The number of carbonyl (C=O) groups is 2.